The number of halogens is 1. The topological polar surface area (TPSA) is 83.7 Å². The van der Waals surface area contributed by atoms with E-state index in [4.69, 9.17) is 21.1 Å². The fraction of sp³-hybridized carbons (Fsp3) is 0.333. The van der Waals surface area contributed by atoms with E-state index in [0.717, 1.165) is 47.0 Å². The molecule has 2 N–H and O–H groups in total. The molecule has 7 nitrogen and oxygen atoms in total. The van der Waals surface area contributed by atoms with Gasteiger partial charge in [-0.15, -0.1) is 0 Å². The van der Waals surface area contributed by atoms with Gasteiger partial charge in [0.15, 0.2) is 11.5 Å². The molecule has 5 rings (SSSR count). The Morgan fingerprint density at radius 3 is 2.80 bits per heavy atom. The Morgan fingerprint density at radius 1 is 1.20 bits per heavy atom. The molecule has 2 heterocycles. The molecule has 2 amide bonds. The summed E-state index contributed by atoms with van der Waals surface area (Å²) in [6, 6.07) is 9.46. The van der Waals surface area contributed by atoms with Gasteiger partial charge < -0.3 is 24.7 Å². The molecule has 1 atom stereocenters. The van der Waals surface area contributed by atoms with Gasteiger partial charge in [-0.3, -0.25) is 9.59 Å². The van der Waals surface area contributed by atoms with Crippen molar-refractivity contribution in [2.75, 3.05) is 20.8 Å². The largest absolute Gasteiger partial charge is 0.493 e. The quantitative estimate of drug-likeness (QED) is 0.517. The lowest BCUT2D eigenvalue weighted by molar-refractivity contribution is -0.128. The molecule has 8 heteroatoms. The monoisotopic (exact) mass is 493 g/mol. The summed E-state index contributed by atoms with van der Waals surface area (Å²) in [5, 5.41) is 5.00. The second-order valence-electron chi connectivity index (χ2n) is 8.96. The van der Waals surface area contributed by atoms with Gasteiger partial charge in [-0.1, -0.05) is 11.6 Å². The zero-order chi connectivity index (χ0) is 24.5. The molecule has 0 radical (unpaired) electrons. The predicted octanol–water partition coefficient (Wildman–Crippen LogP) is 4.78. The highest BCUT2D eigenvalue weighted by Crippen LogP contribution is 2.36. The first kappa shape index (κ1) is 23.3. The van der Waals surface area contributed by atoms with Crippen LogP contribution < -0.4 is 14.8 Å². The SMILES string of the molecule is COc1cc2c(cc1OC)CC(=O)N(CCC(=O)N[C@H]1CCCc3c1[nH]c1ccc(Cl)cc31)C=C2. The molecular weight excluding hydrogens is 466 g/mol. The normalized spacial score (nSPS) is 17.1. The number of fused-ring (bicyclic) bond motifs is 4. The summed E-state index contributed by atoms with van der Waals surface area (Å²) in [5.41, 5.74) is 5.09. The van der Waals surface area contributed by atoms with Crippen LogP contribution in [0.3, 0.4) is 0 Å². The van der Waals surface area contributed by atoms with Gasteiger partial charge in [-0.05, 0) is 72.4 Å². The van der Waals surface area contributed by atoms with Crippen LogP contribution in [-0.4, -0.2) is 42.5 Å². The van der Waals surface area contributed by atoms with E-state index in [-0.39, 0.29) is 30.7 Å². The number of aromatic nitrogens is 1. The van der Waals surface area contributed by atoms with Crippen LogP contribution in [0.1, 0.15) is 47.7 Å². The number of aromatic amines is 1. The number of amides is 2. The zero-order valence-corrected chi connectivity index (χ0v) is 20.6. The van der Waals surface area contributed by atoms with Crippen molar-refractivity contribution in [1.29, 1.82) is 0 Å². The molecule has 35 heavy (non-hydrogen) atoms. The number of H-pyrrole nitrogens is 1. The van der Waals surface area contributed by atoms with E-state index in [9.17, 15) is 9.59 Å². The predicted molar refractivity (Wildman–Crippen MR) is 136 cm³/mol. The molecule has 0 saturated carbocycles. The van der Waals surface area contributed by atoms with E-state index >= 15 is 0 Å². The first-order chi connectivity index (χ1) is 17.0. The molecule has 182 valence electrons. The van der Waals surface area contributed by atoms with Crippen LogP contribution in [0, 0.1) is 0 Å². The summed E-state index contributed by atoms with van der Waals surface area (Å²) in [5.74, 6) is 1.06. The van der Waals surface area contributed by atoms with Gasteiger partial charge in [0.2, 0.25) is 11.8 Å². The lowest BCUT2D eigenvalue weighted by atomic mass is 9.91. The number of nitrogens with one attached hydrogen (secondary N) is 2. The molecule has 0 fully saturated rings. The number of benzene rings is 2. The number of aryl methyl sites for hydroxylation is 1. The van der Waals surface area contributed by atoms with E-state index < -0.39 is 0 Å². The number of ether oxygens (including phenoxy) is 2. The second kappa shape index (κ2) is 9.66. The van der Waals surface area contributed by atoms with E-state index in [1.54, 1.807) is 25.3 Å². The molecule has 1 aliphatic heterocycles. The number of hydrogen-bond acceptors (Lipinski definition) is 4. The molecule has 3 aromatic rings. The van der Waals surface area contributed by atoms with Gasteiger partial charge in [0.05, 0.1) is 26.7 Å². The molecule has 0 unspecified atom stereocenters. The second-order valence-corrected chi connectivity index (χ2v) is 9.39. The van der Waals surface area contributed by atoms with Gasteiger partial charge in [0.1, 0.15) is 0 Å². The first-order valence-electron chi connectivity index (χ1n) is 11.8. The van der Waals surface area contributed by atoms with Crippen LogP contribution in [0.4, 0.5) is 0 Å². The van der Waals surface area contributed by atoms with E-state index in [0.29, 0.717) is 23.1 Å². The van der Waals surface area contributed by atoms with Crippen molar-refractivity contribution in [3.63, 3.8) is 0 Å². The molecule has 1 aromatic heterocycles. The van der Waals surface area contributed by atoms with Crippen LogP contribution in [-0.2, 0) is 22.4 Å². The summed E-state index contributed by atoms with van der Waals surface area (Å²) in [6.07, 6.45) is 6.91. The highest BCUT2D eigenvalue weighted by molar-refractivity contribution is 6.31. The number of carbonyl (C=O) groups is 2. The van der Waals surface area contributed by atoms with E-state index in [1.165, 1.54) is 5.56 Å². The van der Waals surface area contributed by atoms with Crippen molar-refractivity contribution in [2.45, 2.75) is 38.1 Å². The van der Waals surface area contributed by atoms with E-state index in [2.05, 4.69) is 10.3 Å². The summed E-state index contributed by atoms with van der Waals surface area (Å²) in [6.45, 7) is 0.311. The summed E-state index contributed by atoms with van der Waals surface area (Å²) >= 11 is 6.20. The van der Waals surface area contributed by atoms with Crippen LogP contribution in [0.25, 0.3) is 17.0 Å². The van der Waals surface area contributed by atoms with Crippen molar-refractivity contribution >= 4 is 40.4 Å². The summed E-state index contributed by atoms with van der Waals surface area (Å²) in [7, 11) is 3.16. The van der Waals surface area contributed by atoms with Gasteiger partial charge in [-0.2, -0.15) is 0 Å². The summed E-state index contributed by atoms with van der Waals surface area (Å²) in [4.78, 5) is 30.8. The minimum atomic E-state index is -0.0779. The average Bonchev–Trinajstić information content (AvgIpc) is 3.15. The maximum atomic E-state index is 12.9. The molecule has 1 aliphatic carbocycles. The van der Waals surface area contributed by atoms with Crippen molar-refractivity contribution < 1.29 is 19.1 Å². The highest BCUT2D eigenvalue weighted by Gasteiger charge is 2.26. The molecule has 2 aliphatic rings. The Hall–Kier alpha value is -3.45. The zero-order valence-electron chi connectivity index (χ0n) is 19.8. The van der Waals surface area contributed by atoms with Crippen LogP contribution in [0.2, 0.25) is 5.02 Å². The van der Waals surface area contributed by atoms with Gasteiger partial charge in [0.25, 0.3) is 0 Å². The fourth-order valence-corrected chi connectivity index (χ4v) is 5.20. The van der Waals surface area contributed by atoms with Crippen LogP contribution >= 0.6 is 11.6 Å². The smallest absolute Gasteiger partial charge is 0.230 e. The Bertz CT molecular complexity index is 1330. The minimum Gasteiger partial charge on any atom is -0.493 e. The molecule has 2 aromatic carbocycles. The Kier molecular flexibility index (Phi) is 6.43. The molecule has 0 spiro atoms. The number of hydrogen-bond donors (Lipinski definition) is 2. The van der Waals surface area contributed by atoms with Crippen molar-refractivity contribution in [1.82, 2.24) is 15.2 Å². The van der Waals surface area contributed by atoms with E-state index in [1.807, 2.05) is 36.4 Å². The lowest BCUT2D eigenvalue weighted by Gasteiger charge is -2.24. The Morgan fingerprint density at radius 2 is 2.00 bits per heavy atom. The van der Waals surface area contributed by atoms with Gasteiger partial charge >= 0.3 is 0 Å². The molecular formula is C27H28ClN3O4. The molecule has 0 saturated heterocycles. The van der Waals surface area contributed by atoms with Crippen molar-refractivity contribution in [2.24, 2.45) is 0 Å². The standard InChI is InChI=1S/C27H28ClN3O4/c1-34-23-12-16-8-10-31(26(33)14-17(16)13-24(23)35-2)11-9-25(32)29-22-5-3-4-19-20-15-18(28)6-7-21(20)30-27(19)22/h6-8,10,12-13,15,22,30H,3-5,9,11,14H2,1-2H3,(H,29,32)/t22-/m0/s1. The lowest BCUT2D eigenvalue weighted by Crippen LogP contribution is -2.35. The maximum Gasteiger partial charge on any atom is 0.230 e. The minimum absolute atomic E-state index is 0.0625. The van der Waals surface area contributed by atoms with Crippen molar-refractivity contribution in [3.05, 3.63) is 63.9 Å². The third-order valence-electron chi connectivity index (χ3n) is 6.83. The number of rotatable bonds is 6. The highest BCUT2D eigenvalue weighted by atomic mass is 35.5. The number of nitrogens with zero attached hydrogens (tertiary/aromatic N) is 1. The number of methoxy groups -OCH3 is 2. The Labute approximate surface area is 209 Å². The average molecular weight is 494 g/mol. The summed E-state index contributed by atoms with van der Waals surface area (Å²) < 4.78 is 10.7. The third-order valence-corrected chi connectivity index (χ3v) is 7.06. The van der Waals surface area contributed by atoms with Gasteiger partial charge in [0, 0.05) is 40.8 Å². The van der Waals surface area contributed by atoms with Crippen molar-refractivity contribution in [3.8, 4) is 11.5 Å². The Balaban J connectivity index is 1.25. The number of carbonyl (C=O) groups excluding carboxylic acids is 2. The fourth-order valence-electron chi connectivity index (χ4n) is 5.03. The van der Waals surface area contributed by atoms with Crippen LogP contribution in [0.15, 0.2) is 36.5 Å². The van der Waals surface area contributed by atoms with Gasteiger partial charge in [-0.25, -0.2) is 0 Å². The maximum absolute atomic E-state index is 12.9. The first-order valence-corrected chi connectivity index (χ1v) is 12.2. The van der Waals surface area contributed by atoms with Crippen LogP contribution in [0.5, 0.6) is 11.5 Å². The molecule has 0 bridgehead atoms. The third kappa shape index (κ3) is 4.60.